The van der Waals surface area contributed by atoms with Gasteiger partial charge in [-0.05, 0) is 119 Å². The van der Waals surface area contributed by atoms with Crippen LogP contribution in [0.5, 0.6) is 11.5 Å². The number of fused-ring (bicyclic) bond motifs is 2. The van der Waals surface area contributed by atoms with Crippen LogP contribution in [0, 0.1) is 0 Å². The van der Waals surface area contributed by atoms with Crippen molar-refractivity contribution < 1.29 is 4.74 Å². The van der Waals surface area contributed by atoms with E-state index in [1.54, 1.807) is 0 Å². The molecule has 0 amide bonds. The van der Waals surface area contributed by atoms with E-state index >= 15 is 0 Å². The summed E-state index contributed by atoms with van der Waals surface area (Å²) >= 11 is 0. The van der Waals surface area contributed by atoms with Gasteiger partial charge in [0.05, 0.1) is 34.2 Å². The summed E-state index contributed by atoms with van der Waals surface area (Å²) in [7, 11) is 0. The van der Waals surface area contributed by atoms with Crippen molar-refractivity contribution in [3.05, 3.63) is 215 Å². The van der Waals surface area contributed by atoms with Crippen LogP contribution in [-0.2, 0) is 44.7 Å². The van der Waals surface area contributed by atoms with Gasteiger partial charge in [-0.25, -0.2) is 0 Å². The minimum atomic E-state index is -0.377. The van der Waals surface area contributed by atoms with Crippen LogP contribution in [0.4, 0.5) is 0 Å². The Labute approximate surface area is 389 Å². The fourth-order valence-corrected chi connectivity index (χ4v) is 8.93. The smallest absolute Gasteiger partial charge is 0.139 e. The number of nitrogens with zero attached hydrogens (tertiary/aromatic N) is 8. The molecule has 0 bridgehead atoms. The van der Waals surface area contributed by atoms with E-state index in [0.717, 1.165) is 67.9 Å². The maximum atomic E-state index is 7.42. The first kappa shape index (κ1) is 44.3. The predicted molar refractivity (Wildman–Crippen MR) is 263 cm³/mol. The zero-order valence-corrected chi connectivity index (χ0v) is 38.9. The average Bonchev–Trinajstić information content (AvgIpc) is 3.32. The maximum absolute atomic E-state index is 7.42. The molecule has 0 atom stereocenters. The molecule has 1 aliphatic heterocycles. The van der Waals surface area contributed by atoms with Crippen LogP contribution in [0.25, 0.3) is 22.3 Å². The summed E-state index contributed by atoms with van der Waals surface area (Å²) in [6.07, 6.45) is 11.3. The minimum absolute atomic E-state index is 0.308. The molecular weight excluding hydrogens is 813 g/mol. The number of hydrogen-bond donors (Lipinski definition) is 0. The van der Waals surface area contributed by atoms with Crippen molar-refractivity contribution in [1.82, 2.24) is 39.7 Å². The van der Waals surface area contributed by atoms with Gasteiger partial charge in [-0.2, -0.15) is 0 Å². The molecule has 9 heteroatoms. The van der Waals surface area contributed by atoms with E-state index in [1.807, 2.05) is 85.7 Å². The molecule has 66 heavy (non-hydrogen) atoms. The van der Waals surface area contributed by atoms with Gasteiger partial charge in [0, 0.05) is 104 Å². The molecule has 1 aliphatic rings. The standard InChI is InChI=1S/C57H58N8O/c1-39(2)43-29-51(41-19-25-62-49(27-41)37-64(33-45-15-7-11-21-58-45)34-46-16-8-12-22-59-46)55-53(31-43)57(5,6)54-32-44(40(3)4)30-52(56(54)66-55)42-20-26-63-50(28-42)38-65(35-47-17-9-13-23-60-47)36-48-18-10-14-24-61-48/h7-32,39-40H,33-38H2,1-6H3. The van der Waals surface area contributed by atoms with Crippen LogP contribution >= 0.6 is 0 Å². The molecule has 0 saturated heterocycles. The minimum Gasteiger partial charge on any atom is -0.455 e. The molecule has 0 aliphatic carbocycles. The van der Waals surface area contributed by atoms with Gasteiger partial charge in [-0.3, -0.25) is 39.7 Å². The highest BCUT2D eigenvalue weighted by Crippen LogP contribution is 2.55. The number of aromatic nitrogens is 6. The van der Waals surface area contributed by atoms with E-state index in [9.17, 15) is 0 Å². The van der Waals surface area contributed by atoms with Gasteiger partial charge in [0.15, 0.2) is 0 Å². The van der Waals surface area contributed by atoms with Crippen molar-refractivity contribution in [3.63, 3.8) is 0 Å². The number of ether oxygens (including phenoxy) is 1. The Morgan fingerprint density at radius 3 is 1.06 bits per heavy atom. The summed E-state index contributed by atoms with van der Waals surface area (Å²) in [6, 6.07) is 42.4. The highest BCUT2D eigenvalue weighted by atomic mass is 16.5. The quantitative estimate of drug-likeness (QED) is 0.0941. The van der Waals surface area contributed by atoms with Crippen molar-refractivity contribution in [2.45, 2.75) is 98.1 Å². The largest absolute Gasteiger partial charge is 0.455 e. The average molecular weight is 871 g/mol. The molecule has 0 unspecified atom stereocenters. The maximum Gasteiger partial charge on any atom is 0.139 e. The topological polar surface area (TPSA) is 93.1 Å². The lowest BCUT2D eigenvalue weighted by Crippen LogP contribution is -2.26. The molecule has 332 valence electrons. The van der Waals surface area contributed by atoms with Crippen molar-refractivity contribution in [1.29, 1.82) is 0 Å². The SMILES string of the molecule is CC(C)c1cc(-c2ccnc(CN(Cc3ccccn3)Cc3ccccn3)c2)c2c(c1)C(C)(C)c1cc(C(C)C)cc(-c3ccnc(CN(Cc4ccccn4)Cc4ccccn4)c3)c1O2. The summed E-state index contributed by atoms with van der Waals surface area (Å²) in [6.45, 7) is 17.7. The van der Waals surface area contributed by atoms with Crippen LogP contribution < -0.4 is 4.74 Å². The first-order valence-corrected chi connectivity index (χ1v) is 23.1. The number of rotatable bonds is 16. The summed E-state index contributed by atoms with van der Waals surface area (Å²) in [5.74, 6) is 2.39. The predicted octanol–water partition coefficient (Wildman–Crippen LogP) is 12.5. The second kappa shape index (κ2) is 19.7. The Bertz CT molecular complexity index is 2610. The van der Waals surface area contributed by atoms with E-state index in [4.69, 9.17) is 14.7 Å². The normalized spacial score (nSPS) is 12.9. The lowest BCUT2D eigenvalue weighted by atomic mass is 9.72. The van der Waals surface area contributed by atoms with E-state index in [2.05, 4.69) is 144 Å². The van der Waals surface area contributed by atoms with Crippen molar-refractivity contribution in [2.24, 2.45) is 0 Å². The van der Waals surface area contributed by atoms with E-state index in [1.165, 1.54) is 22.3 Å². The highest BCUT2D eigenvalue weighted by molar-refractivity contribution is 5.82. The lowest BCUT2D eigenvalue weighted by Gasteiger charge is -2.38. The first-order chi connectivity index (χ1) is 32.1. The molecule has 9 rings (SSSR count). The number of hydrogen-bond acceptors (Lipinski definition) is 9. The molecule has 0 spiro atoms. The molecule has 0 saturated carbocycles. The summed E-state index contributed by atoms with van der Waals surface area (Å²) in [4.78, 5) is 33.2. The molecule has 0 N–H and O–H groups in total. The lowest BCUT2D eigenvalue weighted by molar-refractivity contribution is 0.239. The van der Waals surface area contributed by atoms with Gasteiger partial charge >= 0.3 is 0 Å². The Balaban J connectivity index is 1.10. The van der Waals surface area contributed by atoms with Gasteiger partial charge in [-0.1, -0.05) is 77.9 Å². The van der Waals surface area contributed by atoms with Crippen molar-refractivity contribution in [2.75, 3.05) is 0 Å². The van der Waals surface area contributed by atoms with Crippen LogP contribution in [-0.4, -0.2) is 39.7 Å². The summed E-state index contributed by atoms with van der Waals surface area (Å²) in [5, 5.41) is 0. The molecule has 9 nitrogen and oxygen atoms in total. The third-order valence-corrected chi connectivity index (χ3v) is 12.6. The monoisotopic (exact) mass is 870 g/mol. The zero-order valence-electron chi connectivity index (χ0n) is 38.9. The fraction of sp³-hybridized carbons (Fsp3) is 0.263. The van der Waals surface area contributed by atoms with Crippen LogP contribution in [0.3, 0.4) is 0 Å². The second-order valence-corrected chi connectivity index (χ2v) is 18.6. The summed E-state index contributed by atoms with van der Waals surface area (Å²) in [5.41, 5.74) is 14.7. The molecule has 6 aromatic heterocycles. The van der Waals surface area contributed by atoms with Gasteiger partial charge in [0.25, 0.3) is 0 Å². The van der Waals surface area contributed by atoms with Crippen molar-refractivity contribution >= 4 is 0 Å². The molecule has 0 radical (unpaired) electrons. The second-order valence-electron chi connectivity index (χ2n) is 18.6. The van der Waals surface area contributed by atoms with Gasteiger partial charge in [-0.15, -0.1) is 0 Å². The van der Waals surface area contributed by atoms with E-state index in [-0.39, 0.29) is 5.41 Å². The van der Waals surface area contributed by atoms with Gasteiger partial charge in [0.2, 0.25) is 0 Å². The Kier molecular flexibility index (Phi) is 13.2. The molecule has 8 aromatic rings. The molecule has 2 aromatic carbocycles. The van der Waals surface area contributed by atoms with Crippen molar-refractivity contribution in [3.8, 4) is 33.8 Å². The van der Waals surface area contributed by atoms with Crippen LogP contribution in [0.1, 0.15) is 110 Å². The van der Waals surface area contributed by atoms with Gasteiger partial charge < -0.3 is 4.74 Å². The first-order valence-electron chi connectivity index (χ1n) is 23.1. The number of pyridine rings is 6. The van der Waals surface area contributed by atoms with Gasteiger partial charge in [0.1, 0.15) is 11.5 Å². The van der Waals surface area contributed by atoms with Crippen LogP contribution in [0.15, 0.2) is 159 Å². The molecule has 7 heterocycles. The third kappa shape index (κ3) is 10.1. The van der Waals surface area contributed by atoms with Crippen LogP contribution in [0.2, 0.25) is 0 Å². The fourth-order valence-electron chi connectivity index (χ4n) is 8.93. The molecular formula is C57H58N8O. The molecule has 0 fully saturated rings. The summed E-state index contributed by atoms with van der Waals surface area (Å²) < 4.78 is 7.42. The number of benzene rings is 2. The third-order valence-electron chi connectivity index (χ3n) is 12.6. The zero-order chi connectivity index (χ0) is 45.6. The highest BCUT2D eigenvalue weighted by Gasteiger charge is 2.38. The Morgan fingerprint density at radius 1 is 0.409 bits per heavy atom. The van der Waals surface area contributed by atoms with E-state index < -0.39 is 0 Å². The Hall–Kier alpha value is -6.94. The Morgan fingerprint density at radius 2 is 0.742 bits per heavy atom. The van der Waals surface area contributed by atoms with E-state index in [0.29, 0.717) is 51.1 Å².